The summed E-state index contributed by atoms with van der Waals surface area (Å²) in [5.74, 6) is 2.72. The van der Waals surface area contributed by atoms with Crippen LogP contribution in [0.3, 0.4) is 0 Å². The molecular formula is C49H29NO3. The normalized spacial score (nSPS) is 13.7. The van der Waals surface area contributed by atoms with E-state index in [2.05, 4.69) is 144 Å². The van der Waals surface area contributed by atoms with Gasteiger partial charge in [0.25, 0.3) is 0 Å². The van der Waals surface area contributed by atoms with Crippen molar-refractivity contribution in [2.24, 2.45) is 0 Å². The number of benzene rings is 8. The topological polar surface area (TPSA) is 34.8 Å². The first-order valence-corrected chi connectivity index (χ1v) is 18.0. The highest BCUT2D eigenvalue weighted by atomic mass is 16.6. The molecule has 9 aromatic rings. The number of ether oxygens (including phenoxy) is 2. The summed E-state index contributed by atoms with van der Waals surface area (Å²) >= 11 is 0. The van der Waals surface area contributed by atoms with Crippen LogP contribution in [0.5, 0.6) is 23.0 Å². The Morgan fingerprint density at radius 1 is 0.396 bits per heavy atom. The summed E-state index contributed by atoms with van der Waals surface area (Å²) in [7, 11) is 0. The first-order valence-electron chi connectivity index (χ1n) is 18.0. The molecule has 1 aliphatic heterocycles. The van der Waals surface area contributed by atoms with Gasteiger partial charge < -0.3 is 18.8 Å². The maximum atomic E-state index is 7.13. The molecule has 4 nitrogen and oxygen atoms in total. The summed E-state index contributed by atoms with van der Waals surface area (Å²) in [6.45, 7) is 0. The lowest BCUT2D eigenvalue weighted by Crippen LogP contribution is -2.25. The molecule has 0 amide bonds. The van der Waals surface area contributed by atoms with Crippen LogP contribution in [0.2, 0.25) is 0 Å². The van der Waals surface area contributed by atoms with Gasteiger partial charge in [-0.15, -0.1) is 0 Å². The third kappa shape index (κ3) is 3.74. The van der Waals surface area contributed by atoms with Gasteiger partial charge in [0.1, 0.15) is 11.2 Å². The largest absolute Gasteiger partial charge is 0.456 e. The van der Waals surface area contributed by atoms with Crippen molar-refractivity contribution in [2.75, 3.05) is 4.90 Å². The van der Waals surface area contributed by atoms with Crippen LogP contribution in [-0.4, -0.2) is 0 Å². The predicted molar refractivity (Wildman–Crippen MR) is 211 cm³/mol. The Labute approximate surface area is 305 Å². The van der Waals surface area contributed by atoms with E-state index in [-0.39, 0.29) is 0 Å². The van der Waals surface area contributed by atoms with Crippen LogP contribution < -0.4 is 14.4 Å². The third-order valence-corrected chi connectivity index (χ3v) is 11.3. The molecule has 0 bridgehead atoms. The Bertz CT molecular complexity index is 2930. The zero-order valence-corrected chi connectivity index (χ0v) is 28.4. The van der Waals surface area contributed by atoms with Crippen molar-refractivity contribution in [3.8, 4) is 45.3 Å². The predicted octanol–water partition coefficient (Wildman–Crippen LogP) is 13.3. The summed E-state index contributed by atoms with van der Waals surface area (Å²) < 4.78 is 20.3. The molecule has 2 heterocycles. The molecule has 0 unspecified atom stereocenters. The van der Waals surface area contributed by atoms with E-state index in [0.717, 1.165) is 39.0 Å². The molecular weight excluding hydrogens is 651 g/mol. The number of nitrogens with zero attached hydrogens (tertiary/aromatic N) is 1. The van der Waals surface area contributed by atoms with Crippen molar-refractivity contribution in [1.29, 1.82) is 0 Å². The fourth-order valence-corrected chi connectivity index (χ4v) is 9.28. The fourth-order valence-electron chi connectivity index (χ4n) is 9.28. The third-order valence-electron chi connectivity index (χ3n) is 11.3. The van der Waals surface area contributed by atoms with Crippen LogP contribution in [0.25, 0.3) is 44.2 Å². The Kier molecular flexibility index (Phi) is 5.67. The van der Waals surface area contributed by atoms with Crippen LogP contribution in [0.4, 0.5) is 17.1 Å². The van der Waals surface area contributed by atoms with E-state index in [1.54, 1.807) is 0 Å². The highest BCUT2D eigenvalue weighted by Crippen LogP contribution is 2.65. The minimum Gasteiger partial charge on any atom is -0.456 e. The summed E-state index contributed by atoms with van der Waals surface area (Å²) in [6.07, 6.45) is 0. The van der Waals surface area contributed by atoms with E-state index in [4.69, 9.17) is 13.9 Å². The van der Waals surface area contributed by atoms with E-state index >= 15 is 0 Å². The second-order valence-electron chi connectivity index (χ2n) is 14.0. The maximum Gasteiger partial charge on any atom is 0.194 e. The van der Waals surface area contributed by atoms with Crippen molar-refractivity contribution < 1.29 is 13.9 Å². The molecule has 1 aromatic heterocycles. The molecule has 53 heavy (non-hydrogen) atoms. The van der Waals surface area contributed by atoms with Gasteiger partial charge in [0.15, 0.2) is 23.0 Å². The summed E-state index contributed by atoms with van der Waals surface area (Å²) in [5, 5.41) is 2.10. The Morgan fingerprint density at radius 2 is 0.981 bits per heavy atom. The lowest BCUT2D eigenvalue weighted by molar-refractivity contribution is 0.360. The number of fused-ring (bicyclic) bond motifs is 15. The molecule has 0 radical (unpaired) electrons. The number of hydrogen-bond donors (Lipinski definition) is 0. The molecule has 4 heteroatoms. The monoisotopic (exact) mass is 679 g/mol. The van der Waals surface area contributed by atoms with Gasteiger partial charge in [0.2, 0.25) is 0 Å². The number of hydrogen-bond acceptors (Lipinski definition) is 4. The van der Waals surface area contributed by atoms with Gasteiger partial charge in [-0.3, -0.25) is 0 Å². The van der Waals surface area contributed by atoms with Gasteiger partial charge in [-0.25, -0.2) is 0 Å². The van der Waals surface area contributed by atoms with Gasteiger partial charge in [-0.1, -0.05) is 121 Å². The van der Waals surface area contributed by atoms with Crippen LogP contribution in [0, 0.1) is 0 Å². The smallest absolute Gasteiger partial charge is 0.194 e. The van der Waals surface area contributed by atoms with E-state index < -0.39 is 5.41 Å². The first kappa shape index (κ1) is 28.6. The lowest BCUT2D eigenvalue weighted by Gasteiger charge is -2.32. The minimum absolute atomic E-state index is 0.481. The average Bonchev–Trinajstić information content (AvgIpc) is 3.84. The number of anilines is 3. The molecule has 0 N–H and O–H groups in total. The van der Waals surface area contributed by atoms with Gasteiger partial charge in [-0.2, -0.15) is 0 Å². The molecule has 248 valence electrons. The standard InChI is InChI=1S/C49H29NO3/c1-2-14-30(15-3-1)50(40-23-12-26-43-47(40)34-19-7-11-25-42(34)51-43)41-24-13-27-44-48(41)53-46-29-39-35(28-45(46)52-44)33-18-6-10-22-38(33)49(39)36-20-8-4-16-31(36)32-17-5-9-21-37(32)49/h1-29H. The number of para-hydroxylation sites is 3. The van der Waals surface area contributed by atoms with Gasteiger partial charge in [0, 0.05) is 11.1 Å². The van der Waals surface area contributed by atoms with Crippen molar-refractivity contribution >= 4 is 39.0 Å². The summed E-state index contributed by atoms with van der Waals surface area (Å²) in [6, 6.07) is 62.0. The molecule has 0 fully saturated rings. The molecule has 0 saturated carbocycles. The van der Waals surface area contributed by atoms with Crippen molar-refractivity contribution in [3.05, 3.63) is 198 Å². The summed E-state index contributed by atoms with van der Waals surface area (Å²) in [4.78, 5) is 2.26. The highest BCUT2D eigenvalue weighted by Gasteiger charge is 2.52. The van der Waals surface area contributed by atoms with E-state index in [1.165, 1.54) is 44.5 Å². The lowest BCUT2D eigenvalue weighted by atomic mass is 9.70. The van der Waals surface area contributed by atoms with Crippen LogP contribution >= 0.6 is 0 Å². The first-order chi connectivity index (χ1) is 26.3. The van der Waals surface area contributed by atoms with E-state index in [0.29, 0.717) is 23.0 Å². The molecule has 12 rings (SSSR count). The van der Waals surface area contributed by atoms with Crippen molar-refractivity contribution in [3.63, 3.8) is 0 Å². The number of furan rings is 1. The Balaban J connectivity index is 1.08. The maximum absolute atomic E-state index is 7.13. The van der Waals surface area contributed by atoms with Gasteiger partial charge in [-0.05, 0) is 99.1 Å². The molecule has 0 atom stereocenters. The van der Waals surface area contributed by atoms with E-state index in [1.807, 2.05) is 36.4 Å². The molecule has 8 aromatic carbocycles. The minimum atomic E-state index is -0.481. The van der Waals surface area contributed by atoms with Crippen LogP contribution in [-0.2, 0) is 5.41 Å². The highest BCUT2D eigenvalue weighted by molar-refractivity contribution is 6.13. The van der Waals surface area contributed by atoms with Crippen LogP contribution in [0.1, 0.15) is 22.3 Å². The molecule has 0 saturated heterocycles. The van der Waals surface area contributed by atoms with Gasteiger partial charge >= 0.3 is 0 Å². The molecule has 2 aliphatic carbocycles. The van der Waals surface area contributed by atoms with Crippen molar-refractivity contribution in [1.82, 2.24) is 0 Å². The molecule has 1 spiro atoms. The number of rotatable bonds is 3. The Hall–Kier alpha value is -7.04. The Morgan fingerprint density at radius 3 is 1.74 bits per heavy atom. The SMILES string of the molecule is c1ccc(N(c2cccc3c2Oc2cc4c(cc2O3)-c2ccccc2C42c3ccccc3-c3ccccc32)c2cccc3oc4ccccc4c23)cc1. The zero-order chi connectivity index (χ0) is 34.7. The fraction of sp³-hybridized carbons (Fsp3) is 0.0204. The molecule has 3 aliphatic rings. The van der Waals surface area contributed by atoms with Crippen molar-refractivity contribution in [2.45, 2.75) is 5.41 Å². The zero-order valence-electron chi connectivity index (χ0n) is 28.4. The van der Waals surface area contributed by atoms with Gasteiger partial charge in [0.05, 0.1) is 22.2 Å². The average molecular weight is 680 g/mol. The van der Waals surface area contributed by atoms with Crippen LogP contribution in [0.15, 0.2) is 180 Å². The van der Waals surface area contributed by atoms with E-state index in [9.17, 15) is 0 Å². The quantitative estimate of drug-likeness (QED) is 0.186. The second-order valence-corrected chi connectivity index (χ2v) is 14.0. The second kappa shape index (κ2) is 10.5. The summed E-state index contributed by atoms with van der Waals surface area (Å²) in [5.41, 5.74) is 14.0.